The van der Waals surface area contributed by atoms with E-state index in [9.17, 15) is 13.6 Å². The van der Waals surface area contributed by atoms with E-state index in [4.69, 9.17) is 4.74 Å². The van der Waals surface area contributed by atoms with Crippen LogP contribution in [0.1, 0.15) is 0 Å². The molecule has 1 atom stereocenters. The lowest BCUT2D eigenvalue weighted by atomic mass is 10.1. The first-order chi connectivity index (χ1) is 7.63. The van der Waals surface area contributed by atoms with E-state index < -0.39 is 17.7 Å². The highest BCUT2D eigenvalue weighted by atomic mass is 19.2. The van der Waals surface area contributed by atoms with Gasteiger partial charge in [-0.2, -0.15) is 0 Å². The highest BCUT2D eigenvalue weighted by Gasteiger charge is 2.28. The molecular weight excluding hydrogens is 218 g/mol. The maximum Gasteiger partial charge on any atom is 0.249 e. The number of amides is 1. The Morgan fingerprint density at radius 2 is 2.19 bits per heavy atom. The van der Waals surface area contributed by atoms with Crippen molar-refractivity contribution in [2.45, 2.75) is 6.04 Å². The van der Waals surface area contributed by atoms with E-state index in [2.05, 4.69) is 10.6 Å². The Morgan fingerprint density at radius 3 is 2.88 bits per heavy atom. The summed E-state index contributed by atoms with van der Waals surface area (Å²) in [6.45, 7) is 0.0846. The minimum Gasteiger partial charge on any atom is -0.382 e. The fourth-order valence-corrected chi connectivity index (χ4v) is 1.54. The Labute approximate surface area is 90.6 Å². The second-order valence-corrected chi connectivity index (χ2v) is 3.43. The molecule has 0 aromatic heterocycles. The molecule has 0 saturated carbocycles. The van der Waals surface area contributed by atoms with Crippen molar-refractivity contribution in [1.29, 1.82) is 0 Å². The summed E-state index contributed by atoms with van der Waals surface area (Å²) >= 11 is 0. The molecule has 1 aromatic rings. The molecule has 0 spiro atoms. The summed E-state index contributed by atoms with van der Waals surface area (Å²) in [5.41, 5.74) is 0.193. The first-order valence-electron chi connectivity index (χ1n) is 4.68. The zero-order chi connectivity index (χ0) is 11.7. The second-order valence-electron chi connectivity index (χ2n) is 3.43. The van der Waals surface area contributed by atoms with E-state index in [1.54, 1.807) is 0 Å². The Morgan fingerprint density at radius 1 is 1.44 bits per heavy atom. The average Bonchev–Trinajstić information content (AvgIpc) is 2.26. The molecule has 1 heterocycles. The highest BCUT2D eigenvalue weighted by Crippen LogP contribution is 2.30. The molecule has 0 aliphatic carbocycles. The van der Waals surface area contributed by atoms with Crippen molar-refractivity contribution in [3.63, 3.8) is 0 Å². The van der Waals surface area contributed by atoms with Gasteiger partial charge in [0, 0.05) is 7.11 Å². The summed E-state index contributed by atoms with van der Waals surface area (Å²) in [6.07, 6.45) is 0. The Hall–Kier alpha value is -1.69. The summed E-state index contributed by atoms with van der Waals surface area (Å²) in [4.78, 5) is 11.5. The normalized spacial score (nSPS) is 18.7. The maximum atomic E-state index is 13.4. The third-order valence-corrected chi connectivity index (χ3v) is 2.32. The second kappa shape index (κ2) is 4.05. The molecule has 1 unspecified atom stereocenters. The fourth-order valence-electron chi connectivity index (χ4n) is 1.54. The van der Waals surface area contributed by atoms with Crippen LogP contribution in [0.25, 0.3) is 0 Å². The minimum atomic E-state index is -1.00. The number of ether oxygens (including phenoxy) is 1. The van der Waals surface area contributed by atoms with Gasteiger partial charge in [-0.05, 0) is 12.1 Å². The number of halogens is 2. The van der Waals surface area contributed by atoms with Crippen molar-refractivity contribution in [1.82, 2.24) is 0 Å². The van der Waals surface area contributed by atoms with Crippen LogP contribution < -0.4 is 10.6 Å². The van der Waals surface area contributed by atoms with E-state index in [0.29, 0.717) is 0 Å². The van der Waals surface area contributed by atoms with Gasteiger partial charge in [0.25, 0.3) is 0 Å². The number of hydrogen-bond acceptors (Lipinski definition) is 3. The summed E-state index contributed by atoms with van der Waals surface area (Å²) in [6, 6.07) is 1.56. The molecular formula is C10H10F2N2O2. The van der Waals surface area contributed by atoms with Crippen LogP contribution in [-0.4, -0.2) is 25.7 Å². The lowest BCUT2D eigenvalue weighted by Crippen LogP contribution is -2.42. The molecule has 4 nitrogen and oxygen atoms in total. The van der Waals surface area contributed by atoms with E-state index in [0.717, 1.165) is 6.07 Å². The molecule has 16 heavy (non-hydrogen) atoms. The highest BCUT2D eigenvalue weighted by molar-refractivity contribution is 6.03. The van der Waals surface area contributed by atoms with E-state index in [1.807, 2.05) is 0 Å². The predicted molar refractivity (Wildman–Crippen MR) is 54.3 cm³/mol. The molecule has 6 heteroatoms. The molecule has 0 radical (unpaired) electrons. The van der Waals surface area contributed by atoms with E-state index in [1.165, 1.54) is 13.2 Å². The van der Waals surface area contributed by atoms with Gasteiger partial charge in [0.1, 0.15) is 6.04 Å². The Kier molecular flexibility index (Phi) is 2.74. The van der Waals surface area contributed by atoms with Gasteiger partial charge >= 0.3 is 0 Å². The van der Waals surface area contributed by atoms with Crippen molar-refractivity contribution >= 4 is 17.3 Å². The number of hydrogen-bond donors (Lipinski definition) is 2. The van der Waals surface area contributed by atoms with Gasteiger partial charge < -0.3 is 15.4 Å². The SMILES string of the molecule is COCC1Nc2c(ccc(F)c2F)NC1=O. The number of rotatable bonds is 2. The topological polar surface area (TPSA) is 50.4 Å². The van der Waals surface area contributed by atoms with Crippen LogP contribution in [0.5, 0.6) is 0 Å². The number of nitrogens with one attached hydrogen (secondary N) is 2. The van der Waals surface area contributed by atoms with Crippen LogP contribution in [0.2, 0.25) is 0 Å². The fraction of sp³-hybridized carbons (Fsp3) is 0.300. The largest absolute Gasteiger partial charge is 0.382 e. The van der Waals surface area contributed by atoms with Gasteiger partial charge in [0.15, 0.2) is 11.6 Å². The average molecular weight is 228 g/mol. The maximum absolute atomic E-state index is 13.4. The molecule has 2 rings (SSSR count). The number of carbonyl (C=O) groups is 1. The molecule has 1 amide bonds. The lowest BCUT2D eigenvalue weighted by Gasteiger charge is -2.26. The van der Waals surface area contributed by atoms with Crippen molar-refractivity contribution in [2.75, 3.05) is 24.4 Å². The number of fused-ring (bicyclic) bond motifs is 1. The van der Waals surface area contributed by atoms with Gasteiger partial charge in [0.2, 0.25) is 5.91 Å². The first-order valence-corrected chi connectivity index (χ1v) is 4.68. The minimum absolute atomic E-state index is 0.0401. The number of anilines is 2. The molecule has 0 fully saturated rings. The molecule has 1 aliphatic rings. The van der Waals surface area contributed by atoms with Crippen LogP contribution in [0, 0.1) is 11.6 Å². The standard InChI is InChI=1S/C10H10F2N2O2/c1-16-4-7-10(15)14-6-3-2-5(11)8(12)9(6)13-7/h2-3,7,13H,4H2,1H3,(H,14,15). The van der Waals surface area contributed by atoms with Crippen LogP contribution in [0.4, 0.5) is 20.2 Å². The van der Waals surface area contributed by atoms with E-state index >= 15 is 0 Å². The van der Waals surface area contributed by atoms with Gasteiger partial charge in [-0.15, -0.1) is 0 Å². The van der Waals surface area contributed by atoms with Gasteiger partial charge in [-0.3, -0.25) is 4.79 Å². The van der Waals surface area contributed by atoms with E-state index in [-0.39, 0.29) is 23.9 Å². The number of methoxy groups -OCH3 is 1. The van der Waals surface area contributed by atoms with Crippen molar-refractivity contribution < 1.29 is 18.3 Å². The van der Waals surface area contributed by atoms with Crippen LogP contribution >= 0.6 is 0 Å². The van der Waals surface area contributed by atoms with Crippen molar-refractivity contribution in [2.24, 2.45) is 0 Å². The van der Waals surface area contributed by atoms with Crippen LogP contribution in [-0.2, 0) is 9.53 Å². The monoisotopic (exact) mass is 228 g/mol. The Bertz CT molecular complexity index is 437. The third kappa shape index (κ3) is 1.71. The number of carbonyl (C=O) groups excluding carboxylic acids is 1. The van der Waals surface area contributed by atoms with Gasteiger partial charge in [-0.1, -0.05) is 0 Å². The molecule has 1 aliphatic heterocycles. The summed E-state index contributed by atoms with van der Waals surface area (Å²) < 4.78 is 31.1. The summed E-state index contributed by atoms with van der Waals surface area (Å²) in [5.74, 6) is -2.29. The Balaban J connectivity index is 2.36. The first kappa shape index (κ1) is 10.8. The van der Waals surface area contributed by atoms with Crippen LogP contribution in [0.15, 0.2) is 12.1 Å². The summed E-state index contributed by atoms with van der Waals surface area (Å²) in [7, 11) is 1.42. The molecule has 2 N–H and O–H groups in total. The van der Waals surface area contributed by atoms with Gasteiger partial charge in [-0.25, -0.2) is 8.78 Å². The zero-order valence-electron chi connectivity index (χ0n) is 8.51. The predicted octanol–water partition coefficient (Wildman–Crippen LogP) is 1.34. The third-order valence-electron chi connectivity index (χ3n) is 2.32. The molecule has 86 valence electrons. The molecule has 0 bridgehead atoms. The molecule has 0 saturated heterocycles. The van der Waals surface area contributed by atoms with Crippen LogP contribution in [0.3, 0.4) is 0 Å². The zero-order valence-corrected chi connectivity index (χ0v) is 8.51. The van der Waals surface area contributed by atoms with Gasteiger partial charge in [0.05, 0.1) is 18.0 Å². The van der Waals surface area contributed by atoms with Crippen molar-refractivity contribution in [3.8, 4) is 0 Å². The lowest BCUT2D eigenvalue weighted by molar-refractivity contribution is -0.118. The smallest absolute Gasteiger partial charge is 0.249 e. The quantitative estimate of drug-likeness (QED) is 0.803. The van der Waals surface area contributed by atoms with Crippen molar-refractivity contribution in [3.05, 3.63) is 23.8 Å². The number of benzene rings is 1. The molecule has 1 aromatic carbocycles. The summed E-state index contributed by atoms with van der Waals surface area (Å²) in [5, 5.41) is 5.08.